The van der Waals surface area contributed by atoms with Crippen molar-refractivity contribution < 1.29 is 9.59 Å². The van der Waals surface area contributed by atoms with E-state index in [-0.39, 0.29) is 17.4 Å². The number of aromatic nitrogens is 3. The Bertz CT molecular complexity index is 1040. The van der Waals surface area contributed by atoms with E-state index in [0.29, 0.717) is 23.2 Å². The van der Waals surface area contributed by atoms with Crippen LogP contribution in [-0.4, -0.2) is 32.2 Å². The van der Waals surface area contributed by atoms with E-state index >= 15 is 0 Å². The van der Waals surface area contributed by atoms with Gasteiger partial charge < -0.3 is 9.88 Å². The van der Waals surface area contributed by atoms with Gasteiger partial charge in [0.05, 0.1) is 5.75 Å². The molecule has 4 aliphatic rings. The van der Waals surface area contributed by atoms with Crippen molar-refractivity contribution in [3.05, 3.63) is 48.3 Å². The number of rotatable bonds is 9. The van der Waals surface area contributed by atoms with Crippen molar-refractivity contribution >= 4 is 29.1 Å². The zero-order chi connectivity index (χ0) is 23.0. The Labute approximate surface area is 199 Å². The fourth-order valence-electron chi connectivity index (χ4n) is 6.85. The second kappa shape index (κ2) is 9.09. The minimum absolute atomic E-state index is 0.0236. The molecule has 4 saturated carbocycles. The van der Waals surface area contributed by atoms with E-state index in [2.05, 4.69) is 26.7 Å². The number of anilines is 1. The van der Waals surface area contributed by atoms with Crippen molar-refractivity contribution in [2.24, 2.45) is 23.2 Å². The summed E-state index contributed by atoms with van der Waals surface area (Å²) < 4.78 is 2.14. The molecule has 6 nitrogen and oxygen atoms in total. The van der Waals surface area contributed by atoms with Gasteiger partial charge in [-0.2, -0.15) is 0 Å². The number of allylic oxidation sites excluding steroid dienone is 1. The number of carbonyl (C=O) groups is 2. The van der Waals surface area contributed by atoms with Crippen LogP contribution >= 0.6 is 11.8 Å². The van der Waals surface area contributed by atoms with Crippen molar-refractivity contribution in [1.82, 2.24) is 14.8 Å². The molecule has 0 atom stereocenters. The van der Waals surface area contributed by atoms with E-state index in [4.69, 9.17) is 0 Å². The first-order valence-electron chi connectivity index (χ1n) is 12.0. The molecule has 4 bridgehead atoms. The molecule has 1 N–H and O–H groups in total. The van der Waals surface area contributed by atoms with Crippen LogP contribution in [0.25, 0.3) is 0 Å². The Kier molecular flexibility index (Phi) is 6.16. The Morgan fingerprint density at radius 1 is 1.18 bits per heavy atom. The number of nitrogens with one attached hydrogen (secondary N) is 1. The van der Waals surface area contributed by atoms with Gasteiger partial charge in [-0.05, 0) is 80.8 Å². The average Bonchev–Trinajstić information content (AvgIpc) is 3.12. The highest BCUT2D eigenvalue weighted by Gasteiger charge is 2.51. The van der Waals surface area contributed by atoms with Crippen LogP contribution in [0.15, 0.2) is 42.1 Å². The average molecular weight is 465 g/mol. The van der Waals surface area contributed by atoms with Crippen molar-refractivity contribution in [3.63, 3.8) is 0 Å². The van der Waals surface area contributed by atoms with E-state index in [1.165, 1.54) is 57.2 Å². The maximum absolute atomic E-state index is 12.5. The summed E-state index contributed by atoms with van der Waals surface area (Å²) in [6.45, 7) is 6.10. The number of benzene rings is 1. The summed E-state index contributed by atoms with van der Waals surface area (Å²) >= 11 is 1.40. The Morgan fingerprint density at radius 3 is 2.52 bits per heavy atom. The molecule has 2 aromatic rings. The second-order valence-electron chi connectivity index (χ2n) is 10.4. The van der Waals surface area contributed by atoms with Gasteiger partial charge >= 0.3 is 0 Å². The molecule has 0 saturated heterocycles. The monoisotopic (exact) mass is 464 g/mol. The lowest BCUT2D eigenvalue weighted by atomic mass is 9.49. The summed E-state index contributed by atoms with van der Waals surface area (Å²) in [4.78, 5) is 24.1. The zero-order valence-electron chi connectivity index (χ0n) is 19.3. The quantitative estimate of drug-likeness (QED) is 0.315. The molecule has 0 unspecified atom stereocenters. The summed E-state index contributed by atoms with van der Waals surface area (Å²) in [6, 6.07) is 7.01. The van der Waals surface area contributed by atoms with E-state index < -0.39 is 0 Å². The maximum Gasteiger partial charge on any atom is 0.234 e. The normalized spacial score (nSPS) is 27.5. The van der Waals surface area contributed by atoms with Crippen LogP contribution in [0, 0.1) is 23.2 Å². The highest BCUT2D eigenvalue weighted by atomic mass is 32.2. The van der Waals surface area contributed by atoms with E-state index in [1.807, 2.05) is 6.08 Å². The van der Waals surface area contributed by atoms with Crippen LogP contribution in [0.5, 0.6) is 0 Å². The Morgan fingerprint density at radius 2 is 1.88 bits per heavy atom. The third kappa shape index (κ3) is 4.79. The molecule has 1 aromatic carbocycles. The fourth-order valence-corrected chi connectivity index (χ4v) is 7.62. The molecule has 1 aromatic heterocycles. The molecule has 174 valence electrons. The lowest BCUT2D eigenvalue weighted by Crippen LogP contribution is -2.47. The molecule has 0 aliphatic heterocycles. The molecule has 1 amide bonds. The van der Waals surface area contributed by atoms with Crippen LogP contribution in [0.2, 0.25) is 0 Å². The lowest BCUT2D eigenvalue weighted by molar-refractivity contribution is -0.113. The number of ketones is 1. The van der Waals surface area contributed by atoms with Gasteiger partial charge in [0.2, 0.25) is 5.91 Å². The van der Waals surface area contributed by atoms with Crippen molar-refractivity contribution in [3.8, 4) is 0 Å². The van der Waals surface area contributed by atoms with E-state index in [0.717, 1.165) is 35.2 Å². The Balaban J connectivity index is 1.25. The summed E-state index contributed by atoms with van der Waals surface area (Å²) in [6.07, 6.45) is 11.2. The van der Waals surface area contributed by atoms with E-state index in [1.54, 1.807) is 24.3 Å². The SMILES string of the molecule is C=CCn1c(CC23CC4CC(CC(C4)C2)C3)nnc1SCC(=O)Nc1cccc(C(C)=O)c1. The second-order valence-corrected chi connectivity index (χ2v) is 11.3. The number of amides is 1. The molecule has 6 rings (SSSR count). The molecule has 7 heteroatoms. The molecule has 33 heavy (non-hydrogen) atoms. The molecule has 1 heterocycles. The third-order valence-corrected chi connectivity index (χ3v) is 8.66. The summed E-state index contributed by atoms with van der Waals surface area (Å²) in [5.74, 6) is 3.84. The van der Waals surface area contributed by atoms with Crippen molar-refractivity contribution in [2.75, 3.05) is 11.1 Å². The zero-order valence-corrected chi connectivity index (χ0v) is 20.1. The number of hydrogen-bond acceptors (Lipinski definition) is 5. The first-order chi connectivity index (χ1) is 15.9. The van der Waals surface area contributed by atoms with Crippen LogP contribution in [0.3, 0.4) is 0 Å². The van der Waals surface area contributed by atoms with Gasteiger partial charge in [0.25, 0.3) is 0 Å². The molecule has 4 fully saturated rings. The highest BCUT2D eigenvalue weighted by molar-refractivity contribution is 7.99. The fraction of sp³-hybridized carbons (Fsp3) is 0.538. The van der Waals surface area contributed by atoms with Crippen LogP contribution in [-0.2, 0) is 17.8 Å². The minimum Gasteiger partial charge on any atom is -0.325 e. The van der Waals surface area contributed by atoms with Gasteiger partial charge in [-0.3, -0.25) is 9.59 Å². The standard InChI is InChI=1S/C26H32N4O2S/c1-3-7-30-23(15-26-12-18-8-19(13-26)10-20(9-18)14-26)28-29-25(30)33-16-24(32)27-22-6-4-5-21(11-22)17(2)31/h3-6,11,18-20H,1,7-10,12-16H2,2H3,(H,27,32). The molecular formula is C26H32N4O2S. The summed E-state index contributed by atoms with van der Waals surface area (Å²) in [7, 11) is 0. The van der Waals surface area contributed by atoms with Crippen LogP contribution in [0.1, 0.15) is 61.6 Å². The molecule has 4 aliphatic carbocycles. The number of thioether (sulfide) groups is 1. The maximum atomic E-state index is 12.5. The lowest BCUT2D eigenvalue weighted by Gasteiger charge is -2.56. The summed E-state index contributed by atoms with van der Waals surface area (Å²) in [5.41, 5.74) is 1.60. The summed E-state index contributed by atoms with van der Waals surface area (Å²) in [5, 5.41) is 12.7. The topological polar surface area (TPSA) is 76.9 Å². The highest BCUT2D eigenvalue weighted by Crippen LogP contribution is 2.61. The van der Waals surface area contributed by atoms with Crippen molar-refractivity contribution in [1.29, 1.82) is 0 Å². The number of Topliss-reactive ketones (excluding diaryl/α,β-unsaturated/α-hetero) is 1. The predicted molar refractivity (Wildman–Crippen MR) is 130 cm³/mol. The van der Waals surface area contributed by atoms with Gasteiger partial charge in [-0.25, -0.2) is 0 Å². The first-order valence-corrected chi connectivity index (χ1v) is 13.0. The minimum atomic E-state index is -0.128. The Hall–Kier alpha value is -2.41. The molecule has 0 radical (unpaired) electrons. The third-order valence-electron chi connectivity index (χ3n) is 7.69. The van der Waals surface area contributed by atoms with Crippen molar-refractivity contribution in [2.45, 2.75) is 63.6 Å². The smallest absolute Gasteiger partial charge is 0.234 e. The first kappa shape index (κ1) is 22.4. The van der Waals surface area contributed by atoms with Crippen LogP contribution < -0.4 is 5.32 Å². The number of hydrogen-bond donors (Lipinski definition) is 1. The van der Waals surface area contributed by atoms with Gasteiger partial charge in [-0.15, -0.1) is 16.8 Å². The number of carbonyl (C=O) groups excluding carboxylic acids is 2. The van der Waals surface area contributed by atoms with Gasteiger partial charge in [-0.1, -0.05) is 30.0 Å². The largest absolute Gasteiger partial charge is 0.325 e. The number of nitrogens with zero attached hydrogens (tertiary/aromatic N) is 3. The molecule has 0 spiro atoms. The van der Waals surface area contributed by atoms with Crippen LogP contribution in [0.4, 0.5) is 5.69 Å². The van der Waals surface area contributed by atoms with Gasteiger partial charge in [0.1, 0.15) is 5.82 Å². The molecular weight excluding hydrogens is 432 g/mol. The van der Waals surface area contributed by atoms with E-state index in [9.17, 15) is 9.59 Å². The van der Waals surface area contributed by atoms with Gasteiger partial charge in [0.15, 0.2) is 10.9 Å². The van der Waals surface area contributed by atoms with Gasteiger partial charge in [0, 0.05) is 24.2 Å². The predicted octanol–water partition coefficient (Wildman–Crippen LogP) is 5.16.